The number of aliphatic carboxylic acids is 1. The second kappa shape index (κ2) is 8.26. The number of rotatable bonds is 6. The third-order valence-electron chi connectivity index (χ3n) is 4.66. The van der Waals surface area contributed by atoms with E-state index in [9.17, 15) is 19.5 Å². The van der Waals surface area contributed by atoms with Gasteiger partial charge in [0.2, 0.25) is 5.91 Å². The van der Waals surface area contributed by atoms with Crippen LogP contribution in [-0.2, 0) is 9.59 Å². The minimum atomic E-state index is -0.934. The van der Waals surface area contributed by atoms with Crippen LogP contribution in [0.4, 0.5) is 0 Å². The summed E-state index contributed by atoms with van der Waals surface area (Å²) < 4.78 is 4.98. The lowest BCUT2D eigenvalue weighted by Crippen LogP contribution is -2.33. The molecule has 8 heteroatoms. The number of carboxylic acid groups (broad SMARTS) is 1. The third kappa shape index (κ3) is 4.49. The van der Waals surface area contributed by atoms with Gasteiger partial charge < -0.3 is 19.7 Å². The molecule has 1 aliphatic rings. The summed E-state index contributed by atoms with van der Waals surface area (Å²) in [5, 5.41) is 12.7. The number of nitrogens with zero attached hydrogens (tertiary/aromatic N) is 1. The minimum Gasteiger partial charge on any atom is -0.481 e. The molecule has 0 unspecified atom stereocenters. The Kier molecular flexibility index (Phi) is 5.81. The highest BCUT2D eigenvalue weighted by Gasteiger charge is 2.40. The zero-order valence-corrected chi connectivity index (χ0v) is 15.2. The molecule has 0 spiro atoms. The highest BCUT2D eigenvalue weighted by Crippen LogP contribution is 2.33. The summed E-state index contributed by atoms with van der Waals surface area (Å²) in [6.07, 6.45) is 1.49. The van der Waals surface area contributed by atoms with Crippen LogP contribution in [0, 0.1) is 5.92 Å². The van der Waals surface area contributed by atoms with E-state index in [1.807, 2.05) is 0 Å². The van der Waals surface area contributed by atoms with Crippen LogP contribution in [0.15, 0.2) is 47.1 Å². The Balaban J connectivity index is 1.58. The first kappa shape index (κ1) is 19.0. The maximum Gasteiger partial charge on any atom is 0.308 e. The van der Waals surface area contributed by atoms with E-state index >= 15 is 0 Å². The number of halogens is 1. The number of carbonyl (C=O) groups is 3. The van der Waals surface area contributed by atoms with Crippen molar-refractivity contribution in [1.29, 1.82) is 0 Å². The molecule has 1 saturated heterocycles. The van der Waals surface area contributed by atoms with Crippen LogP contribution >= 0.6 is 11.6 Å². The second-order valence-corrected chi connectivity index (χ2v) is 6.82. The van der Waals surface area contributed by atoms with Crippen LogP contribution in [-0.4, -0.2) is 47.4 Å². The van der Waals surface area contributed by atoms with Crippen molar-refractivity contribution < 1.29 is 23.9 Å². The summed E-state index contributed by atoms with van der Waals surface area (Å²) in [6.45, 7) is 0.620. The molecule has 1 aromatic heterocycles. The normalized spacial score (nSPS) is 19.1. The molecule has 0 saturated carbocycles. The molecule has 0 aliphatic carbocycles. The van der Waals surface area contributed by atoms with E-state index in [0.717, 1.165) is 5.56 Å². The summed E-state index contributed by atoms with van der Waals surface area (Å²) in [4.78, 5) is 37.4. The largest absolute Gasteiger partial charge is 0.481 e. The van der Waals surface area contributed by atoms with Crippen molar-refractivity contribution in [3.8, 4) is 0 Å². The number of nitrogens with one attached hydrogen (secondary N) is 1. The lowest BCUT2D eigenvalue weighted by atomic mass is 9.89. The maximum absolute atomic E-state index is 12.4. The van der Waals surface area contributed by atoms with Crippen molar-refractivity contribution >= 4 is 29.4 Å². The first-order valence-electron chi connectivity index (χ1n) is 8.53. The van der Waals surface area contributed by atoms with Crippen molar-refractivity contribution in [2.75, 3.05) is 19.6 Å². The lowest BCUT2D eigenvalue weighted by Gasteiger charge is -2.16. The number of amides is 2. The van der Waals surface area contributed by atoms with Gasteiger partial charge in [-0.3, -0.25) is 14.4 Å². The van der Waals surface area contributed by atoms with Gasteiger partial charge >= 0.3 is 5.97 Å². The van der Waals surface area contributed by atoms with Crippen LogP contribution < -0.4 is 5.32 Å². The monoisotopic (exact) mass is 390 g/mol. The van der Waals surface area contributed by atoms with E-state index in [1.165, 1.54) is 17.2 Å². The molecule has 3 rings (SSSR count). The van der Waals surface area contributed by atoms with Crippen LogP contribution in [0.1, 0.15) is 28.5 Å². The van der Waals surface area contributed by atoms with Gasteiger partial charge in [0.25, 0.3) is 5.91 Å². The summed E-state index contributed by atoms with van der Waals surface area (Å²) in [7, 11) is 0. The van der Waals surface area contributed by atoms with Gasteiger partial charge in [0, 0.05) is 37.0 Å². The highest BCUT2D eigenvalue weighted by molar-refractivity contribution is 6.30. The van der Waals surface area contributed by atoms with E-state index in [0.29, 0.717) is 11.6 Å². The Hall–Kier alpha value is -2.80. The van der Waals surface area contributed by atoms with E-state index in [-0.39, 0.29) is 37.1 Å². The van der Waals surface area contributed by atoms with E-state index < -0.39 is 17.8 Å². The first-order valence-corrected chi connectivity index (χ1v) is 8.91. The molecule has 2 N–H and O–H groups in total. The molecule has 7 nitrogen and oxygen atoms in total. The van der Waals surface area contributed by atoms with Gasteiger partial charge in [-0.15, -0.1) is 0 Å². The number of carboxylic acids is 1. The SMILES string of the molecule is O=C(NCCC(=O)N1C[C@@H](C(=O)O)[C@H](c2ccc(Cl)cc2)C1)c1ccco1. The van der Waals surface area contributed by atoms with Crippen molar-refractivity contribution in [1.82, 2.24) is 10.2 Å². The van der Waals surface area contributed by atoms with Gasteiger partial charge in [0.1, 0.15) is 0 Å². The quantitative estimate of drug-likeness (QED) is 0.788. The molecule has 1 fully saturated rings. The number of benzene rings is 1. The molecule has 0 radical (unpaired) electrons. The average Bonchev–Trinajstić information content (AvgIpc) is 3.32. The molecule has 2 amide bonds. The van der Waals surface area contributed by atoms with E-state index in [4.69, 9.17) is 16.0 Å². The molecule has 27 heavy (non-hydrogen) atoms. The van der Waals surface area contributed by atoms with Crippen molar-refractivity contribution in [2.45, 2.75) is 12.3 Å². The minimum absolute atomic E-state index is 0.0894. The molecule has 0 bridgehead atoms. The predicted octanol–water partition coefficient (Wildman–Crippen LogP) is 2.38. The standard InChI is InChI=1S/C19H19ClN2O5/c20-13-5-3-12(4-6-13)14-10-22(11-15(14)19(25)26)17(23)7-8-21-18(24)16-2-1-9-27-16/h1-6,9,14-15H,7-8,10-11H2,(H,21,24)(H,25,26)/t14-,15+/m0/s1. The summed E-state index contributed by atoms with van der Waals surface area (Å²) in [5.41, 5.74) is 0.841. The number of hydrogen-bond acceptors (Lipinski definition) is 4. The van der Waals surface area contributed by atoms with Gasteiger partial charge in [0.15, 0.2) is 5.76 Å². The first-order chi connectivity index (χ1) is 13.0. The van der Waals surface area contributed by atoms with Crippen LogP contribution in [0.3, 0.4) is 0 Å². The second-order valence-electron chi connectivity index (χ2n) is 6.38. The van der Waals surface area contributed by atoms with Gasteiger partial charge in [-0.25, -0.2) is 0 Å². The summed E-state index contributed by atoms with van der Waals surface area (Å²) in [6, 6.07) is 10.1. The molecular formula is C19H19ClN2O5. The Morgan fingerprint density at radius 1 is 1.19 bits per heavy atom. The average molecular weight is 391 g/mol. The van der Waals surface area contributed by atoms with Crippen molar-refractivity contribution in [3.05, 3.63) is 59.0 Å². The number of likely N-dealkylation sites (tertiary alicyclic amines) is 1. The highest BCUT2D eigenvalue weighted by atomic mass is 35.5. The molecule has 2 aromatic rings. The molecule has 1 aliphatic heterocycles. The molecule has 2 atom stereocenters. The fraction of sp³-hybridized carbons (Fsp3) is 0.316. The lowest BCUT2D eigenvalue weighted by molar-refractivity contribution is -0.141. The van der Waals surface area contributed by atoms with Crippen LogP contribution in [0.5, 0.6) is 0 Å². The number of hydrogen-bond donors (Lipinski definition) is 2. The molecular weight excluding hydrogens is 372 g/mol. The Bertz CT molecular complexity index is 819. The summed E-state index contributed by atoms with van der Waals surface area (Å²) in [5.74, 6) is -2.31. The van der Waals surface area contributed by atoms with Gasteiger partial charge in [-0.2, -0.15) is 0 Å². The predicted molar refractivity (Wildman–Crippen MR) is 97.6 cm³/mol. The third-order valence-corrected chi connectivity index (χ3v) is 4.91. The molecule has 1 aromatic carbocycles. The van der Waals surface area contributed by atoms with Crippen LogP contribution in [0.2, 0.25) is 5.02 Å². The molecule has 142 valence electrons. The van der Waals surface area contributed by atoms with Gasteiger partial charge in [-0.05, 0) is 29.8 Å². The zero-order valence-electron chi connectivity index (χ0n) is 14.4. The van der Waals surface area contributed by atoms with E-state index in [1.54, 1.807) is 30.3 Å². The fourth-order valence-corrected chi connectivity index (χ4v) is 3.37. The Morgan fingerprint density at radius 3 is 2.56 bits per heavy atom. The van der Waals surface area contributed by atoms with Crippen LogP contribution in [0.25, 0.3) is 0 Å². The molecule has 2 heterocycles. The van der Waals surface area contributed by atoms with Gasteiger partial charge in [-0.1, -0.05) is 23.7 Å². The smallest absolute Gasteiger partial charge is 0.308 e. The van der Waals surface area contributed by atoms with E-state index in [2.05, 4.69) is 5.32 Å². The Morgan fingerprint density at radius 2 is 1.93 bits per heavy atom. The van der Waals surface area contributed by atoms with Crippen molar-refractivity contribution in [3.63, 3.8) is 0 Å². The fourth-order valence-electron chi connectivity index (χ4n) is 3.24. The topological polar surface area (TPSA) is 99.9 Å². The maximum atomic E-state index is 12.4. The summed E-state index contributed by atoms with van der Waals surface area (Å²) >= 11 is 5.89. The number of furan rings is 1. The van der Waals surface area contributed by atoms with Crippen molar-refractivity contribution in [2.24, 2.45) is 5.92 Å². The Labute approximate surface area is 160 Å². The van der Waals surface area contributed by atoms with Gasteiger partial charge in [0.05, 0.1) is 12.2 Å². The number of carbonyl (C=O) groups excluding carboxylic acids is 2. The zero-order chi connectivity index (χ0) is 19.4.